The molecule has 1 saturated carbocycles. The molecule has 0 atom stereocenters. The van der Waals surface area contributed by atoms with Gasteiger partial charge in [0.2, 0.25) is 0 Å². The number of nitrogens with one attached hydrogen (secondary N) is 1. The van der Waals surface area contributed by atoms with E-state index in [9.17, 15) is 0 Å². The van der Waals surface area contributed by atoms with Crippen molar-refractivity contribution in [2.75, 3.05) is 38.7 Å². The Balaban J connectivity index is 1.79. The molecule has 5 nitrogen and oxygen atoms in total. The standard InChI is InChI=1S/C17H28N4O/c1-13-4-5-15(12-14(13)2)20-17(18)19-8-9-21(10-11-22-3)16-6-7-16/h4-5,12,16H,6-11H2,1-3H3,(H3,18,19,20). The van der Waals surface area contributed by atoms with Crippen molar-refractivity contribution in [2.24, 2.45) is 10.7 Å². The molecule has 0 bridgehead atoms. The van der Waals surface area contributed by atoms with Crippen LogP contribution in [-0.4, -0.2) is 50.3 Å². The highest BCUT2D eigenvalue weighted by Gasteiger charge is 2.27. The van der Waals surface area contributed by atoms with E-state index in [0.717, 1.165) is 31.4 Å². The Labute approximate surface area is 133 Å². The first-order valence-electron chi connectivity index (χ1n) is 7.97. The number of guanidine groups is 1. The molecule has 1 aromatic carbocycles. The second-order valence-electron chi connectivity index (χ2n) is 5.95. The molecule has 3 N–H and O–H groups in total. The van der Waals surface area contributed by atoms with Gasteiger partial charge in [0.1, 0.15) is 0 Å². The lowest BCUT2D eigenvalue weighted by Gasteiger charge is -2.20. The zero-order valence-electron chi connectivity index (χ0n) is 13.9. The predicted molar refractivity (Wildman–Crippen MR) is 92.5 cm³/mol. The average Bonchev–Trinajstić information content (AvgIpc) is 3.31. The summed E-state index contributed by atoms with van der Waals surface area (Å²) in [5.74, 6) is 0.478. The number of nitrogens with two attached hydrogens (primary N) is 1. The van der Waals surface area contributed by atoms with Gasteiger partial charge in [-0.15, -0.1) is 0 Å². The molecule has 0 heterocycles. The van der Waals surface area contributed by atoms with Crippen molar-refractivity contribution >= 4 is 11.6 Å². The zero-order valence-corrected chi connectivity index (χ0v) is 13.9. The third-order valence-electron chi connectivity index (χ3n) is 4.09. The second kappa shape index (κ2) is 8.15. The summed E-state index contributed by atoms with van der Waals surface area (Å²) in [6.07, 6.45) is 2.59. The first kappa shape index (κ1) is 16.8. The molecule has 0 unspecified atom stereocenters. The molecule has 0 amide bonds. The molecular formula is C17H28N4O. The minimum Gasteiger partial charge on any atom is -0.383 e. The van der Waals surface area contributed by atoms with Crippen LogP contribution < -0.4 is 11.1 Å². The molecule has 1 fully saturated rings. The lowest BCUT2D eigenvalue weighted by molar-refractivity contribution is 0.145. The molecule has 122 valence electrons. The summed E-state index contributed by atoms with van der Waals surface area (Å²) in [4.78, 5) is 6.87. The van der Waals surface area contributed by atoms with Gasteiger partial charge in [-0.2, -0.15) is 0 Å². The lowest BCUT2D eigenvalue weighted by atomic mass is 10.1. The van der Waals surface area contributed by atoms with Crippen LogP contribution in [0.4, 0.5) is 5.69 Å². The molecule has 22 heavy (non-hydrogen) atoms. The number of hydrogen-bond acceptors (Lipinski definition) is 3. The van der Waals surface area contributed by atoms with Gasteiger partial charge in [0.15, 0.2) is 5.96 Å². The van der Waals surface area contributed by atoms with E-state index in [-0.39, 0.29) is 0 Å². The molecule has 0 saturated heterocycles. The molecule has 1 aliphatic carbocycles. The summed E-state index contributed by atoms with van der Waals surface area (Å²) >= 11 is 0. The normalized spacial score (nSPS) is 15.4. The van der Waals surface area contributed by atoms with E-state index in [0.29, 0.717) is 12.5 Å². The van der Waals surface area contributed by atoms with Crippen molar-refractivity contribution in [1.29, 1.82) is 0 Å². The van der Waals surface area contributed by atoms with Gasteiger partial charge in [-0.05, 0) is 49.9 Å². The van der Waals surface area contributed by atoms with E-state index < -0.39 is 0 Å². The largest absolute Gasteiger partial charge is 0.383 e. The number of hydrogen-bond donors (Lipinski definition) is 2. The van der Waals surface area contributed by atoms with Crippen molar-refractivity contribution in [3.8, 4) is 0 Å². The van der Waals surface area contributed by atoms with E-state index in [1.807, 2.05) is 6.07 Å². The quantitative estimate of drug-likeness (QED) is 0.570. The number of benzene rings is 1. The lowest BCUT2D eigenvalue weighted by Crippen LogP contribution is -2.33. The number of aryl methyl sites for hydroxylation is 2. The van der Waals surface area contributed by atoms with Crippen molar-refractivity contribution in [3.05, 3.63) is 29.3 Å². The monoisotopic (exact) mass is 304 g/mol. The second-order valence-corrected chi connectivity index (χ2v) is 5.95. The number of nitrogens with zero attached hydrogens (tertiary/aromatic N) is 2. The Kier molecular flexibility index (Phi) is 6.21. The van der Waals surface area contributed by atoms with E-state index in [1.165, 1.54) is 24.0 Å². The van der Waals surface area contributed by atoms with Crippen LogP contribution in [0.5, 0.6) is 0 Å². The number of rotatable bonds is 8. The zero-order chi connectivity index (χ0) is 15.9. The van der Waals surface area contributed by atoms with Crippen LogP contribution in [0, 0.1) is 13.8 Å². The fraction of sp³-hybridized carbons (Fsp3) is 0.588. The maximum atomic E-state index is 5.97. The highest BCUT2D eigenvalue weighted by Crippen LogP contribution is 2.26. The number of methoxy groups -OCH3 is 1. The topological polar surface area (TPSA) is 62.9 Å². The molecule has 0 spiro atoms. The minimum atomic E-state index is 0.478. The summed E-state index contributed by atoms with van der Waals surface area (Å²) in [7, 11) is 1.74. The molecule has 5 heteroatoms. The van der Waals surface area contributed by atoms with E-state index in [1.54, 1.807) is 7.11 Å². The van der Waals surface area contributed by atoms with Crippen molar-refractivity contribution in [2.45, 2.75) is 32.7 Å². The molecule has 0 aliphatic heterocycles. The third-order valence-corrected chi connectivity index (χ3v) is 4.09. The van der Waals surface area contributed by atoms with Gasteiger partial charge >= 0.3 is 0 Å². The maximum Gasteiger partial charge on any atom is 0.193 e. The summed E-state index contributed by atoms with van der Waals surface area (Å²) < 4.78 is 5.16. The molecular weight excluding hydrogens is 276 g/mol. The van der Waals surface area contributed by atoms with Crippen molar-refractivity contribution in [1.82, 2.24) is 4.90 Å². The Bertz CT molecular complexity index is 511. The Morgan fingerprint density at radius 1 is 1.32 bits per heavy atom. The first-order valence-corrected chi connectivity index (χ1v) is 7.97. The van der Waals surface area contributed by atoms with Gasteiger partial charge < -0.3 is 15.8 Å². The Morgan fingerprint density at radius 2 is 2.09 bits per heavy atom. The highest BCUT2D eigenvalue weighted by molar-refractivity contribution is 5.92. The molecule has 0 aromatic heterocycles. The van der Waals surface area contributed by atoms with E-state index in [4.69, 9.17) is 10.5 Å². The molecule has 1 aromatic rings. The minimum absolute atomic E-state index is 0.478. The van der Waals surface area contributed by atoms with Crippen LogP contribution >= 0.6 is 0 Å². The van der Waals surface area contributed by atoms with Crippen LogP contribution in [-0.2, 0) is 4.74 Å². The third kappa shape index (κ3) is 5.31. The van der Waals surface area contributed by atoms with Gasteiger partial charge in [-0.3, -0.25) is 9.89 Å². The number of aliphatic imine (C=N–C) groups is 1. The molecule has 1 aliphatic rings. The summed E-state index contributed by atoms with van der Waals surface area (Å²) in [6, 6.07) is 6.93. The van der Waals surface area contributed by atoms with Crippen molar-refractivity contribution < 1.29 is 4.74 Å². The van der Waals surface area contributed by atoms with Crippen LogP contribution in [0.1, 0.15) is 24.0 Å². The Hall–Kier alpha value is -1.59. The van der Waals surface area contributed by atoms with Crippen LogP contribution in [0.2, 0.25) is 0 Å². The maximum absolute atomic E-state index is 5.97. The molecule has 2 rings (SSSR count). The smallest absolute Gasteiger partial charge is 0.193 e. The van der Waals surface area contributed by atoms with Crippen LogP contribution in [0.15, 0.2) is 23.2 Å². The van der Waals surface area contributed by atoms with Gasteiger partial charge in [-0.1, -0.05) is 6.07 Å². The average molecular weight is 304 g/mol. The van der Waals surface area contributed by atoms with Crippen LogP contribution in [0.25, 0.3) is 0 Å². The summed E-state index contributed by atoms with van der Waals surface area (Å²) in [5.41, 5.74) is 9.48. The van der Waals surface area contributed by atoms with Crippen LogP contribution in [0.3, 0.4) is 0 Å². The number of ether oxygens (including phenoxy) is 1. The molecule has 0 radical (unpaired) electrons. The van der Waals surface area contributed by atoms with E-state index in [2.05, 4.69) is 41.2 Å². The highest BCUT2D eigenvalue weighted by atomic mass is 16.5. The van der Waals surface area contributed by atoms with Gasteiger partial charge in [0.05, 0.1) is 13.2 Å². The van der Waals surface area contributed by atoms with E-state index >= 15 is 0 Å². The Morgan fingerprint density at radius 3 is 2.73 bits per heavy atom. The fourth-order valence-electron chi connectivity index (χ4n) is 2.43. The van der Waals surface area contributed by atoms with Crippen molar-refractivity contribution in [3.63, 3.8) is 0 Å². The first-order chi connectivity index (χ1) is 10.6. The predicted octanol–water partition coefficient (Wildman–Crippen LogP) is 2.14. The SMILES string of the molecule is COCCN(CCN=C(N)Nc1ccc(C)c(C)c1)C1CC1. The van der Waals surface area contributed by atoms with Gasteiger partial charge in [0.25, 0.3) is 0 Å². The summed E-state index contributed by atoms with van der Waals surface area (Å²) in [5, 5.41) is 3.16. The summed E-state index contributed by atoms with van der Waals surface area (Å²) in [6.45, 7) is 7.59. The van der Waals surface area contributed by atoms with Gasteiger partial charge in [-0.25, -0.2) is 0 Å². The fourth-order valence-corrected chi connectivity index (χ4v) is 2.43. The number of anilines is 1. The van der Waals surface area contributed by atoms with Gasteiger partial charge in [0, 0.05) is 31.9 Å².